The van der Waals surface area contributed by atoms with Crippen LogP contribution in [0.3, 0.4) is 0 Å². The van der Waals surface area contributed by atoms with Crippen molar-refractivity contribution in [1.82, 2.24) is 9.80 Å². The second-order valence-electron chi connectivity index (χ2n) is 8.34. The molecule has 0 unspecified atom stereocenters. The first-order valence-corrected chi connectivity index (χ1v) is 10.7. The van der Waals surface area contributed by atoms with Crippen LogP contribution in [0.15, 0.2) is 0 Å². The molecule has 3 rings (SSSR count). The van der Waals surface area contributed by atoms with E-state index in [1.54, 1.807) is 0 Å². The highest BCUT2D eigenvalue weighted by molar-refractivity contribution is 5.98. The number of piperidine rings is 2. The third-order valence-electron chi connectivity index (χ3n) is 6.78. The van der Waals surface area contributed by atoms with Gasteiger partial charge in [0, 0.05) is 38.0 Å². The van der Waals surface area contributed by atoms with Gasteiger partial charge in [-0.2, -0.15) is 0 Å². The van der Waals surface area contributed by atoms with E-state index in [2.05, 4.69) is 13.8 Å². The van der Waals surface area contributed by atoms with Crippen LogP contribution in [-0.4, -0.2) is 52.6 Å². The molecule has 26 heavy (non-hydrogen) atoms. The highest BCUT2D eigenvalue weighted by Gasteiger charge is 2.46. The van der Waals surface area contributed by atoms with Gasteiger partial charge in [0.1, 0.15) is 5.78 Å². The molecule has 2 amide bonds. The zero-order valence-corrected chi connectivity index (χ0v) is 16.4. The molecule has 0 aromatic carbocycles. The molecule has 2 saturated heterocycles. The molecule has 3 aliphatic rings. The van der Waals surface area contributed by atoms with Gasteiger partial charge in [-0.3, -0.25) is 14.4 Å². The number of amides is 2. The molecule has 5 nitrogen and oxygen atoms in total. The fourth-order valence-electron chi connectivity index (χ4n) is 5.23. The predicted molar refractivity (Wildman–Crippen MR) is 101 cm³/mol. The number of ketones is 1. The predicted octanol–water partition coefficient (Wildman–Crippen LogP) is 3.16. The van der Waals surface area contributed by atoms with Crippen LogP contribution in [0.25, 0.3) is 0 Å². The standard InChI is InChI=1S/C21H34N2O3/c1-3-15-9-5-7-11-22(15)20(25)18-13-17(24)14-19(18)21(26)23-12-8-6-10-16(23)4-2/h15-16,18-19H,3-14H2,1-2H3/t15-,16+,18-,19-/m1/s1. The van der Waals surface area contributed by atoms with Crippen LogP contribution in [0.4, 0.5) is 0 Å². The molecule has 146 valence electrons. The van der Waals surface area contributed by atoms with E-state index in [9.17, 15) is 14.4 Å². The second kappa shape index (κ2) is 8.53. The number of hydrogen-bond donors (Lipinski definition) is 0. The van der Waals surface area contributed by atoms with Crippen LogP contribution in [0.5, 0.6) is 0 Å². The van der Waals surface area contributed by atoms with Crippen LogP contribution < -0.4 is 0 Å². The number of carbonyl (C=O) groups is 3. The Morgan fingerprint density at radius 3 is 1.62 bits per heavy atom. The van der Waals surface area contributed by atoms with E-state index in [4.69, 9.17) is 0 Å². The van der Waals surface area contributed by atoms with E-state index >= 15 is 0 Å². The Labute approximate surface area is 157 Å². The lowest BCUT2D eigenvalue weighted by molar-refractivity contribution is -0.149. The number of likely N-dealkylation sites (tertiary alicyclic amines) is 2. The minimum absolute atomic E-state index is 0.0609. The molecule has 0 N–H and O–H groups in total. The third-order valence-corrected chi connectivity index (χ3v) is 6.78. The van der Waals surface area contributed by atoms with Gasteiger partial charge in [0.2, 0.25) is 11.8 Å². The van der Waals surface area contributed by atoms with Crippen molar-refractivity contribution >= 4 is 17.6 Å². The van der Waals surface area contributed by atoms with Crippen molar-refractivity contribution in [2.45, 2.75) is 90.1 Å². The first-order chi connectivity index (χ1) is 12.6. The molecule has 3 fully saturated rings. The molecule has 4 atom stereocenters. The van der Waals surface area contributed by atoms with Gasteiger partial charge in [0.05, 0.1) is 11.8 Å². The lowest BCUT2D eigenvalue weighted by Crippen LogP contribution is -2.51. The fraction of sp³-hybridized carbons (Fsp3) is 0.857. The minimum atomic E-state index is -0.429. The summed E-state index contributed by atoms with van der Waals surface area (Å²) in [5.74, 6) is -0.656. The third kappa shape index (κ3) is 3.81. The van der Waals surface area contributed by atoms with E-state index in [1.165, 1.54) is 12.8 Å². The summed E-state index contributed by atoms with van der Waals surface area (Å²) in [4.78, 5) is 42.7. The van der Waals surface area contributed by atoms with E-state index < -0.39 is 11.8 Å². The molecular weight excluding hydrogens is 328 g/mol. The van der Waals surface area contributed by atoms with Crippen molar-refractivity contribution in [2.24, 2.45) is 11.8 Å². The van der Waals surface area contributed by atoms with Crippen LogP contribution in [-0.2, 0) is 14.4 Å². The quantitative estimate of drug-likeness (QED) is 0.772. The van der Waals surface area contributed by atoms with Crippen molar-refractivity contribution < 1.29 is 14.4 Å². The van der Waals surface area contributed by atoms with Crippen LogP contribution in [0, 0.1) is 11.8 Å². The molecule has 0 bridgehead atoms. The minimum Gasteiger partial charge on any atom is -0.339 e. The number of hydrogen-bond acceptors (Lipinski definition) is 3. The summed E-state index contributed by atoms with van der Waals surface area (Å²) in [6.07, 6.45) is 8.92. The number of rotatable bonds is 4. The molecular formula is C21H34N2O3. The maximum atomic E-state index is 13.3. The summed E-state index contributed by atoms with van der Waals surface area (Å²) in [6.45, 7) is 5.81. The van der Waals surface area contributed by atoms with E-state index in [-0.39, 0.29) is 42.5 Å². The number of carbonyl (C=O) groups excluding carboxylic acids is 3. The lowest BCUT2D eigenvalue weighted by Gasteiger charge is -2.40. The van der Waals surface area contributed by atoms with Gasteiger partial charge in [0.15, 0.2) is 0 Å². The molecule has 2 heterocycles. The fourth-order valence-corrected chi connectivity index (χ4v) is 5.23. The summed E-state index contributed by atoms with van der Waals surface area (Å²) in [7, 11) is 0. The largest absolute Gasteiger partial charge is 0.339 e. The summed E-state index contributed by atoms with van der Waals surface area (Å²) >= 11 is 0. The zero-order valence-electron chi connectivity index (χ0n) is 16.4. The van der Waals surface area contributed by atoms with Crippen molar-refractivity contribution in [2.75, 3.05) is 13.1 Å². The van der Waals surface area contributed by atoms with Crippen molar-refractivity contribution in [3.63, 3.8) is 0 Å². The van der Waals surface area contributed by atoms with Crippen LogP contribution in [0.2, 0.25) is 0 Å². The molecule has 5 heteroatoms. The average Bonchev–Trinajstić information content (AvgIpc) is 3.08. The van der Waals surface area contributed by atoms with Gasteiger partial charge in [0.25, 0.3) is 0 Å². The lowest BCUT2D eigenvalue weighted by atomic mass is 9.89. The Hall–Kier alpha value is -1.39. The maximum Gasteiger partial charge on any atom is 0.227 e. The number of Topliss-reactive ketones (excluding diaryl/α,β-unsaturated/α-hetero) is 1. The molecule has 0 aromatic rings. The van der Waals surface area contributed by atoms with Gasteiger partial charge < -0.3 is 9.80 Å². The van der Waals surface area contributed by atoms with Gasteiger partial charge in [-0.1, -0.05) is 13.8 Å². The van der Waals surface area contributed by atoms with Crippen LogP contribution >= 0.6 is 0 Å². The van der Waals surface area contributed by atoms with Gasteiger partial charge in [-0.15, -0.1) is 0 Å². The molecule has 0 spiro atoms. The van der Waals surface area contributed by atoms with Gasteiger partial charge in [-0.05, 0) is 51.4 Å². The molecule has 1 aliphatic carbocycles. The normalized spacial score (nSPS) is 32.8. The summed E-state index contributed by atoms with van der Waals surface area (Å²) < 4.78 is 0. The molecule has 0 radical (unpaired) electrons. The Morgan fingerprint density at radius 1 is 0.808 bits per heavy atom. The van der Waals surface area contributed by atoms with Crippen molar-refractivity contribution in [1.29, 1.82) is 0 Å². The van der Waals surface area contributed by atoms with E-state index in [0.717, 1.165) is 51.6 Å². The summed E-state index contributed by atoms with van der Waals surface area (Å²) in [5, 5.41) is 0. The summed E-state index contributed by atoms with van der Waals surface area (Å²) in [5.41, 5.74) is 0. The maximum absolute atomic E-state index is 13.3. The smallest absolute Gasteiger partial charge is 0.227 e. The zero-order chi connectivity index (χ0) is 18.7. The van der Waals surface area contributed by atoms with E-state index in [0.29, 0.717) is 0 Å². The highest BCUT2D eigenvalue weighted by Crippen LogP contribution is 2.36. The monoisotopic (exact) mass is 362 g/mol. The first kappa shape index (κ1) is 19.4. The Bertz CT molecular complexity index is 501. The van der Waals surface area contributed by atoms with Crippen molar-refractivity contribution in [3.05, 3.63) is 0 Å². The Morgan fingerprint density at radius 2 is 1.23 bits per heavy atom. The highest BCUT2D eigenvalue weighted by atomic mass is 16.2. The molecule has 0 aromatic heterocycles. The first-order valence-electron chi connectivity index (χ1n) is 10.7. The molecule has 2 aliphatic heterocycles. The van der Waals surface area contributed by atoms with Crippen molar-refractivity contribution in [3.8, 4) is 0 Å². The second-order valence-corrected chi connectivity index (χ2v) is 8.34. The Balaban J connectivity index is 1.76. The average molecular weight is 363 g/mol. The summed E-state index contributed by atoms with van der Waals surface area (Å²) in [6, 6.07) is 0.558. The Kier molecular flexibility index (Phi) is 6.36. The van der Waals surface area contributed by atoms with Crippen LogP contribution in [0.1, 0.15) is 78.1 Å². The van der Waals surface area contributed by atoms with Gasteiger partial charge >= 0.3 is 0 Å². The molecule has 1 saturated carbocycles. The van der Waals surface area contributed by atoms with E-state index in [1.807, 2.05) is 9.80 Å². The topological polar surface area (TPSA) is 57.7 Å². The SMILES string of the molecule is CC[C@@H]1CCCCN1C(=O)[C@@H]1CC(=O)C[C@H]1C(=O)N1CCCC[C@@H]1CC. The van der Waals surface area contributed by atoms with Gasteiger partial charge in [-0.25, -0.2) is 0 Å². The number of nitrogens with zero attached hydrogens (tertiary/aromatic N) is 2.